The average molecular weight is 506 g/mol. The molecular formula is C17H17F2IN4O4. The van der Waals surface area contributed by atoms with Gasteiger partial charge in [0.05, 0.1) is 30.6 Å². The van der Waals surface area contributed by atoms with Gasteiger partial charge in [0.2, 0.25) is 6.17 Å². The van der Waals surface area contributed by atoms with E-state index >= 15 is 0 Å². The molecule has 1 aromatic carbocycles. The van der Waals surface area contributed by atoms with Gasteiger partial charge in [-0.25, -0.2) is 13.8 Å². The van der Waals surface area contributed by atoms with Gasteiger partial charge in [0.1, 0.15) is 23.9 Å². The van der Waals surface area contributed by atoms with Gasteiger partial charge in [0.15, 0.2) is 0 Å². The van der Waals surface area contributed by atoms with Crippen LogP contribution in [0, 0.1) is 9.39 Å². The normalized spacial score (nSPS) is 20.9. The number of rotatable bonds is 5. The second kappa shape index (κ2) is 8.09. The third-order valence-electron chi connectivity index (χ3n) is 4.35. The number of carbonyl (C=O) groups is 2. The summed E-state index contributed by atoms with van der Waals surface area (Å²) in [6, 6.07) is 4.18. The highest BCUT2D eigenvalue weighted by molar-refractivity contribution is 14.1. The van der Waals surface area contributed by atoms with E-state index in [1.807, 2.05) is 22.6 Å². The van der Waals surface area contributed by atoms with E-state index in [2.05, 4.69) is 10.3 Å². The molecule has 0 saturated carbocycles. The second-order valence-corrected chi connectivity index (χ2v) is 7.53. The minimum Gasteiger partial charge on any atom is -0.394 e. The van der Waals surface area contributed by atoms with Crippen LogP contribution in [0.5, 0.6) is 0 Å². The van der Waals surface area contributed by atoms with Crippen LogP contribution in [0.15, 0.2) is 34.5 Å². The topological polar surface area (TPSA) is 105 Å². The summed E-state index contributed by atoms with van der Waals surface area (Å²) >= 11 is 1.91. The van der Waals surface area contributed by atoms with Gasteiger partial charge < -0.3 is 20.4 Å². The Labute approximate surface area is 172 Å². The molecule has 0 spiro atoms. The van der Waals surface area contributed by atoms with Crippen LogP contribution < -0.4 is 5.32 Å². The molecule has 2 heterocycles. The minimum absolute atomic E-state index is 0.0351. The van der Waals surface area contributed by atoms with Gasteiger partial charge in [0.25, 0.3) is 11.8 Å². The molecule has 0 aromatic heterocycles. The first-order valence-electron chi connectivity index (χ1n) is 8.25. The Morgan fingerprint density at radius 3 is 2.79 bits per heavy atom. The summed E-state index contributed by atoms with van der Waals surface area (Å²) in [7, 11) is 1.29. The number of aliphatic hydroxyl groups is 2. The van der Waals surface area contributed by atoms with Crippen molar-refractivity contribution in [1.29, 1.82) is 0 Å². The summed E-state index contributed by atoms with van der Waals surface area (Å²) < 4.78 is 29.7. The molecular weight excluding hydrogens is 489 g/mol. The van der Waals surface area contributed by atoms with E-state index in [0.717, 1.165) is 9.80 Å². The zero-order valence-electron chi connectivity index (χ0n) is 14.7. The van der Waals surface area contributed by atoms with Gasteiger partial charge >= 0.3 is 0 Å². The predicted octanol–water partition coefficient (Wildman–Crippen LogP) is 0.458. The van der Waals surface area contributed by atoms with Crippen LogP contribution in [0.1, 0.15) is 0 Å². The largest absolute Gasteiger partial charge is 0.394 e. The first-order valence-corrected chi connectivity index (χ1v) is 9.33. The molecule has 2 amide bonds. The van der Waals surface area contributed by atoms with E-state index in [0.29, 0.717) is 3.57 Å². The SMILES string of the molecule is CN1C(=O)C(F)C(Nc2ccc(I)cc2F)=C2C(=O)N(C[C@@H](O)CO)CN=C21. The minimum atomic E-state index is -2.22. The van der Waals surface area contributed by atoms with Gasteiger partial charge in [-0.2, -0.15) is 0 Å². The molecule has 150 valence electrons. The number of anilines is 1. The summed E-state index contributed by atoms with van der Waals surface area (Å²) in [6.07, 6.45) is -3.42. The van der Waals surface area contributed by atoms with Crippen LogP contribution in [-0.2, 0) is 9.59 Å². The number of fused-ring (bicyclic) bond motifs is 1. The number of β-amino-alcohol motifs (C(OH)–C–C–N with tert-alkyl or cyclic N) is 1. The Hall–Kier alpha value is -2.12. The van der Waals surface area contributed by atoms with Crippen molar-refractivity contribution in [2.75, 3.05) is 32.2 Å². The molecule has 1 aromatic rings. The van der Waals surface area contributed by atoms with Crippen LogP contribution in [-0.4, -0.2) is 76.8 Å². The molecule has 0 fully saturated rings. The molecule has 28 heavy (non-hydrogen) atoms. The van der Waals surface area contributed by atoms with Crippen molar-refractivity contribution in [2.45, 2.75) is 12.3 Å². The van der Waals surface area contributed by atoms with Gasteiger partial charge in [-0.15, -0.1) is 0 Å². The lowest BCUT2D eigenvalue weighted by Crippen LogP contribution is -2.54. The number of aliphatic imine (C=N–C) groups is 1. The summed E-state index contributed by atoms with van der Waals surface area (Å²) in [6.45, 7) is -0.966. The van der Waals surface area contributed by atoms with Crippen molar-refractivity contribution in [2.24, 2.45) is 4.99 Å². The number of amides is 2. The van der Waals surface area contributed by atoms with E-state index in [4.69, 9.17) is 5.11 Å². The number of nitrogens with zero attached hydrogens (tertiary/aromatic N) is 3. The van der Waals surface area contributed by atoms with Crippen LogP contribution in [0.3, 0.4) is 0 Å². The van der Waals surface area contributed by atoms with Crippen LogP contribution in [0.4, 0.5) is 14.5 Å². The highest BCUT2D eigenvalue weighted by Crippen LogP contribution is 2.30. The number of nitrogens with one attached hydrogen (secondary N) is 1. The maximum atomic E-state index is 14.8. The number of halogens is 3. The number of alkyl halides is 1. The molecule has 2 aliphatic rings. The van der Waals surface area contributed by atoms with Crippen LogP contribution in [0.25, 0.3) is 0 Å². The Balaban J connectivity index is 2.06. The third-order valence-corrected chi connectivity index (χ3v) is 5.02. The number of benzene rings is 1. The zero-order chi connectivity index (χ0) is 20.6. The smallest absolute Gasteiger partial charge is 0.268 e. The quantitative estimate of drug-likeness (QED) is 0.504. The lowest BCUT2D eigenvalue weighted by Gasteiger charge is -2.37. The first kappa shape index (κ1) is 20.6. The van der Waals surface area contributed by atoms with Crippen molar-refractivity contribution in [3.63, 3.8) is 0 Å². The molecule has 2 atom stereocenters. The molecule has 3 N–H and O–H groups in total. The molecule has 0 aliphatic carbocycles. The zero-order valence-corrected chi connectivity index (χ0v) is 16.9. The van der Waals surface area contributed by atoms with E-state index in [1.165, 1.54) is 19.2 Å². The second-order valence-electron chi connectivity index (χ2n) is 6.28. The number of hydrogen-bond acceptors (Lipinski definition) is 6. The fraction of sp³-hybridized carbons (Fsp3) is 0.353. The lowest BCUT2D eigenvalue weighted by molar-refractivity contribution is -0.132. The van der Waals surface area contributed by atoms with E-state index in [9.17, 15) is 23.5 Å². The Morgan fingerprint density at radius 1 is 1.43 bits per heavy atom. The van der Waals surface area contributed by atoms with E-state index < -0.39 is 42.2 Å². The molecule has 3 rings (SSSR count). The van der Waals surface area contributed by atoms with Crippen molar-refractivity contribution in [1.82, 2.24) is 9.80 Å². The van der Waals surface area contributed by atoms with Crippen LogP contribution in [0.2, 0.25) is 0 Å². The summed E-state index contributed by atoms with van der Waals surface area (Å²) in [4.78, 5) is 31.3. The summed E-state index contributed by atoms with van der Waals surface area (Å²) in [5, 5.41) is 21.2. The highest BCUT2D eigenvalue weighted by atomic mass is 127. The van der Waals surface area contributed by atoms with Gasteiger partial charge in [-0.3, -0.25) is 14.5 Å². The maximum absolute atomic E-state index is 14.8. The Bertz CT molecular complexity index is 892. The van der Waals surface area contributed by atoms with E-state index in [1.54, 1.807) is 6.07 Å². The number of hydrogen-bond donors (Lipinski definition) is 3. The molecule has 8 nitrogen and oxygen atoms in total. The number of aliphatic hydroxyl groups excluding tert-OH is 2. The van der Waals surface area contributed by atoms with Crippen molar-refractivity contribution < 1.29 is 28.6 Å². The fourth-order valence-corrected chi connectivity index (χ4v) is 3.35. The van der Waals surface area contributed by atoms with E-state index in [-0.39, 0.29) is 30.3 Å². The fourth-order valence-electron chi connectivity index (χ4n) is 2.90. The molecule has 2 aliphatic heterocycles. The molecule has 11 heteroatoms. The molecule has 0 bridgehead atoms. The Morgan fingerprint density at radius 2 is 2.14 bits per heavy atom. The van der Waals surface area contributed by atoms with Crippen LogP contribution >= 0.6 is 22.6 Å². The third kappa shape index (κ3) is 3.73. The first-order chi connectivity index (χ1) is 13.2. The maximum Gasteiger partial charge on any atom is 0.268 e. The average Bonchev–Trinajstić information content (AvgIpc) is 2.66. The predicted molar refractivity (Wildman–Crippen MR) is 105 cm³/mol. The molecule has 0 radical (unpaired) electrons. The lowest BCUT2D eigenvalue weighted by atomic mass is 9.99. The van der Waals surface area contributed by atoms with Gasteiger partial charge in [-0.05, 0) is 40.8 Å². The number of carbonyl (C=O) groups excluding carboxylic acids is 2. The highest BCUT2D eigenvalue weighted by Gasteiger charge is 2.44. The molecule has 0 saturated heterocycles. The standard InChI is InChI=1S/C17H17F2IN4O4/c1-23-15-12(16(27)24(7-21-15)5-9(26)6-25)14(13(19)17(23)28)22-11-3-2-8(20)4-10(11)18/h2-4,9,13,22,25-26H,5-7H2,1H3/t9-,13?/m1/s1. The van der Waals surface area contributed by atoms with Gasteiger partial charge in [0, 0.05) is 10.6 Å². The molecule has 1 unspecified atom stereocenters. The van der Waals surface area contributed by atoms with Crippen molar-refractivity contribution >= 4 is 45.9 Å². The Kier molecular flexibility index (Phi) is 5.95. The number of amidine groups is 1. The monoisotopic (exact) mass is 506 g/mol. The number of likely N-dealkylation sites (N-methyl/N-ethyl adjacent to an activating group) is 1. The van der Waals surface area contributed by atoms with Gasteiger partial charge in [-0.1, -0.05) is 0 Å². The van der Waals surface area contributed by atoms with Crippen molar-refractivity contribution in [3.8, 4) is 0 Å². The van der Waals surface area contributed by atoms with Crippen molar-refractivity contribution in [3.05, 3.63) is 38.9 Å². The summed E-state index contributed by atoms with van der Waals surface area (Å²) in [5.74, 6) is -2.33. The summed E-state index contributed by atoms with van der Waals surface area (Å²) in [5.41, 5.74) is -0.721.